The van der Waals surface area contributed by atoms with Gasteiger partial charge in [0.15, 0.2) is 0 Å². The molecular weight excluding hydrogens is 143 g/mol. The normalized spacial score (nSPS) is 8.22. The molecule has 0 aliphatic carbocycles. The first-order valence-corrected chi connectivity index (χ1v) is 2.81. The Morgan fingerprint density at radius 2 is 2.11 bits per heavy atom. The van der Waals surface area contributed by atoms with Crippen LogP contribution in [0.3, 0.4) is 0 Å². The molecule has 0 aliphatic heterocycles. The Hall–Kier alpha value is 0.510. The Balaban J connectivity index is 0.000000640. The minimum Gasteiger partial charge on any atom is -0.171 e. The molecule has 0 radical (unpaired) electrons. The topological polar surface area (TPSA) is 0 Å². The first-order chi connectivity index (χ1) is 3.79. The van der Waals surface area contributed by atoms with Gasteiger partial charge in [-0.2, -0.15) is 29.8 Å². The zero-order chi connectivity index (χ0) is 5.98. The second-order valence-electron chi connectivity index (χ2n) is 1.68. The maximum absolute atomic E-state index is 5.59. The van der Waals surface area contributed by atoms with E-state index in [-0.39, 0.29) is 29.6 Å². The fourth-order valence-electron chi connectivity index (χ4n) is 0.549. The maximum Gasteiger partial charge on any atom is 1.00 e. The van der Waals surface area contributed by atoms with Gasteiger partial charge >= 0.3 is 29.6 Å². The van der Waals surface area contributed by atoms with E-state index in [9.17, 15) is 0 Å². The molecule has 0 atom stereocenters. The van der Waals surface area contributed by atoms with E-state index in [1.807, 2.05) is 25.1 Å². The van der Waals surface area contributed by atoms with E-state index in [0.717, 1.165) is 5.56 Å². The van der Waals surface area contributed by atoms with Gasteiger partial charge in [-0.15, -0.1) is 11.6 Å². The van der Waals surface area contributed by atoms with Crippen LogP contribution in [-0.4, -0.2) is 0 Å². The summed E-state index contributed by atoms with van der Waals surface area (Å²) in [5.74, 6) is 0. The minimum atomic E-state index is 0. The maximum atomic E-state index is 5.59. The van der Waals surface area contributed by atoms with Crippen LogP contribution in [0.1, 0.15) is 5.56 Å². The molecule has 9 heavy (non-hydrogen) atoms. The monoisotopic (exact) mass is 148 g/mol. The van der Waals surface area contributed by atoms with Crippen LogP contribution in [0.5, 0.6) is 0 Å². The van der Waals surface area contributed by atoms with Crippen LogP contribution in [0, 0.1) is 13.0 Å². The van der Waals surface area contributed by atoms with Crippen molar-refractivity contribution in [2.75, 3.05) is 0 Å². The van der Waals surface area contributed by atoms with E-state index >= 15 is 0 Å². The third kappa shape index (κ3) is 3.27. The van der Waals surface area contributed by atoms with Crippen LogP contribution in [0.4, 0.5) is 0 Å². The van der Waals surface area contributed by atoms with Crippen molar-refractivity contribution in [2.45, 2.75) is 6.92 Å². The van der Waals surface area contributed by atoms with Crippen molar-refractivity contribution in [1.82, 2.24) is 0 Å². The summed E-state index contributed by atoms with van der Waals surface area (Å²) in [6.07, 6.45) is 0. The second-order valence-corrected chi connectivity index (χ2v) is 2.09. The molecule has 0 aliphatic rings. The van der Waals surface area contributed by atoms with Crippen molar-refractivity contribution in [2.24, 2.45) is 0 Å². The van der Waals surface area contributed by atoms with Crippen LogP contribution in [0.25, 0.3) is 0 Å². The van der Waals surface area contributed by atoms with Crippen molar-refractivity contribution < 1.29 is 29.6 Å². The van der Waals surface area contributed by atoms with Gasteiger partial charge in [0.25, 0.3) is 0 Å². The van der Waals surface area contributed by atoms with E-state index in [1.165, 1.54) is 0 Å². The van der Waals surface area contributed by atoms with Crippen LogP contribution < -0.4 is 29.6 Å². The smallest absolute Gasteiger partial charge is 0.171 e. The van der Waals surface area contributed by atoms with Gasteiger partial charge in [-0.1, -0.05) is 11.9 Å². The summed E-state index contributed by atoms with van der Waals surface area (Å²) in [5, 5.41) is 0.685. The van der Waals surface area contributed by atoms with Crippen LogP contribution in [0.15, 0.2) is 18.2 Å². The summed E-state index contributed by atoms with van der Waals surface area (Å²) in [5.41, 5.74) is 1.08. The molecule has 2 heteroatoms. The van der Waals surface area contributed by atoms with E-state index in [1.54, 1.807) is 0 Å². The first-order valence-electron chi connectivity index (χ1n) is 2.43. The van der Waals surface area contributed by atoms with Gasteiger partial charge in [0.1, 0.15) is 0 Å². The molecule has 42 valence electrons. The Kier molecular flexibility index (Phi) is 4.59. The van der Waals surface area contributed by atoms with Crippen molar-refractivity contribution in [1.29, 1.82) is 0 Å². The SMILES string of the molecule is Cc1[c-]c(Cl)ccc1.[Na+]. The zero-order valence-corrected chi connectivity index (χ0v) is 8.37. The third-order valence-corrected chi connectivity index (χ3v) is 1.13. The fourth-order valence-corrected chi connectivity index (χ4v) is 0.770. The quantitative estimate of drug-likeness (QED) is 0.342. The zero-order valence-electron chi connectivity index (χ0n) is 5.61. The van der Waals surface area contributed by atoms with Crippen LogP contribution >= 0.6 is 11.6 Å². The molecule has 0 aromatic heterocycles. The molecule has 0 heterocycles. The Labute approximate surface area is 82.5 Å². The molecule has 0 saturated heterocycles. The summed E-state index contributed by atoms with van der Waals surface area (Å²) >= 11 is 5.59. The van der Waals surface area contributed by atoms with E-state index < -0.39 is 0 Å². The Morgan fingerprint density at radius 3 is 2.44 bits per heavy atom. The van der Waals surface area contributed by atoms with E-state index in [0.29, 0.717) is 5.02 Å². The Bertz CT molecular complexity index is 169. The summed E-state index contributed by atoms with van der Waals surface area (Å²) in [7, 11) is 0. The van der Waals surface area contributed by atoms with Gasteiger partial charge < -0.3 is 0 Å². The van der Waals surface area contributed by atoms with Crippen LogP contribution in [0.2, 0.25) is 5.02 Å². The molecule has 0 amide bonds. The average Bonchev–Trinajstić information content (AvgIpc) is 1.64. The minimum absolute atomic E-state index is 0. The Morgan fingerprint density at radius 1 is 1.44 bits per heavy atom. The molecule has 0 fully saturated rings. The van der Waals surface area contributed by atoms with Gasteiger partial charge in [-0.05, 0) is 0 Å². The summed E-state index contributed by atoms with van der Waals surface area (Å²) < 4.78 is 0. The van der Waals surface area contributed by atoms with Crippen molar-refractivity contribution >= 4 is 11.6 Å². The van der Waals surface area contributed by atoms with Crippen LogP contribution in [-0.2, 0) is 0 Å². The standard InChI is InChI=1S/C7H6Cl.Na/c1-6-3-2-4-7(8)5-6;/h2-4H,1H3;/q-1;+1. The molecule has 0 spiro atoms. The summed E-state index contributed by atoms with van der Waals surface area (Å²) in [6.45, 7) is 1.96. The number of rotatable bonds is 0. The average molecular weight is 149 g/mol. The number of aryl methyl sites for hydroxylation is 1. The number of halogens is 1. The van der Waals surface area contributed by atoms with Crippen molar-refractivity contribution in [3.05, 3.63) is 34.9 Å². The third-order valence-electron chi connectivity index (χ3n) is 0.905. The van der Waals surface area contributed by atoms with Gasteiger partial charge in [0.2, 0.25) is 0 Å². The van der Waals surface area contributed by atoms with Gasteiger partial charge in [0.05, 0.1) is 0 Å². The van der Waals surface area contributed by atoms with E-state index in [4.69, 9.17) is 11.6 Å². The molecule has 1 rings (SSSR count). The number of hydrogen-bond donors (Lipinski definition) is 0. The number of benzene rings is 1. The molecular formula is C7H6ClNa. The van der Waals surface area contributed by atoms with Gasteiger partial charge in [-0.25, -0.2) is 0 Å². The first kappa shape index (κ1) is 9.51. The predicted octanol–water partition coefficient (Wildman–Crippen LogP) is -0.547. The molecule has 0 nitrogen and oxygen atoms in total. The van der Waals surface area contributed by atoms with Crippen molar-refractivity contribution in [3.8, 4) is 0 Å². The van der Waals surface area contributed by atoms with Gasteiger partial charge in [0, 0.05) is 0 Å². The van der Waals surface area contributed by atoms with Crippen molar-refractivity contribution in [3.63, 3.8) is 0 Å². The largest absolute Gasteiger partial charge is 1.00 e. The summed E-state index contributed by atoms with van der Waals surface area (Å²) in [4.78, 5) is 0. The fraction of sp³-hybridized carbons (Fsp3) is 0.143. The molecule has 0 N–H and O–H groups in total. The molecule has 0 unspecified atom stereocenters. The molecule has 0 bridgehead atoms. The second kappa shape index (κ2) is 4.35. The predicted molar refractivity (Wildman–Crippen MR) is 35.0 cm³/mol. The van der Waals surface area contributed by atoms with Gasteiger partial charge in [-0.3, -0.25) is 0 Å². The van der Waals surface area contributed by atoms with E-state index in [2.05, 4.69) is 6.07 Å². The molecule has 1 aromatic rings. The summed E-state index contributed by atoms with van der Waals surface area (Å²) in [6, 6.07) is 8.62. The molecule has 1 aromatic carbocycles. The molecule has 0 saturated carbocycles. The number of hydrogen-bond acceptors (Lipinski definition) is 0.